The number of hydrogen-bond acceptors (Lipinski definition) is 6. The Labute approximate surface area is 171 Å². The Morgan fingerprint density at radius 1 is 1.21 bits per heavy atom. The lowest BCUT2D eigenvalue weighted by Crippen LogP contribution is -2.23. The monoisotopic (exact) mass is 449 g/mol. The summed E-state index contributed by atoms with van der Waals surface area (Å²) >= 11 is 3.15. The average molecular weight is 450 g/mol. The second kappa shape index (κ2) is 7.67. The van der Waals surface area contributed by atoms with Crippen molar-refractivity contribution in [3.8, 4) is 11.5 Å². The van der Waals surface area contributed by atoms with E-state index in [0.29, 0.717) is 31.1 Å². The van der Waals surface area contributed by atoms with Crippen LogP contribution in [-0.2, 0) is 4.74 Å². The Morgan fingerprint density at radius 2 is 2.07 bits per heavy atom. The Balaban J connectivity index is 1.76. The summed E-state index contributed by atoms with van der Waals surface area (Å²) in [4.78, 5) is 10.9. The first-order valence-corrected chi connectivity index (χ1v) is 9.84. The van der Waals surface area contributed by atoms with Crippen molar-refractivity contribution >= 4 is 32.7 Å². The number of alkyl halides is 2. The number of nitrogens with zero attached hydrogens (tertiary/aromatic N) is 3. The van der Waals surface area contributed by atoms with Gasteiger partial charge in [0.05, 0.1) is 19.2 Å². The third-order valence-corrected chi connectivity index (χ3v) is 5.45. The summed E-state index contributed by atoms with van der Waals surface area (Å²) in [5.41, 5.74) is 2.73. The van der Waals surface area contributed by atoms with Crippen LogP contribution in [0.2, 0.25) is 0 Å². The van der Waals surface area contributed by atoms with E-state index in [1.165, 1.54) is 6.33 Å². The summed E-state index contributed by atoms with van der Waals surface area (Å²) in [6.45, 7) is 1.62. The quantitative estimate of drug-likeness (QED) is 0.487. The normalized spacial score (nSPS) is 21.4. The zero-order valence-corrected chi connectivity index (χ0v) is 17.3. The molecule has 1 saturated heterocycles. The van der Waals surface area contributed by atoms with Crippen LogP contribution in [0.15, 0.2) is 41.9 Å². The van der Waals surface area contributed by atoms with Crippen molar-refractivity contribution in [1.29, 1.82) is 0 Å². The van der Waals surface area contributed by atoms with E-state index in [0.717, 1.165) is 41.0 Å². The molecule has 0 bridgehead atoms. The van der Waals surface area contributed by atoms with Crippen molar-refractivity contribution in [2.75, 3.05) is 38.9 Å². The van der Waals surface area contributed by atoms with E-state index < -0.39 is 4.58 Å². The molecule has 1 unspecified atom stereocenters. The maximum absolute atomic E-state index is 14.5. The molecule has 2 aliphatic rings. The van der Waals surface area contributed by atoms with Gasteiger partial charge in [-0.3, -0.25) is 0 Å². The molecule has 0 spiro atoms. The van der Waals surface area contributed by atoms with Gasteiger partial charge in [0.15, 0.2) is 16.1 Å². The number of hydrogen-bond donors (Lipinski definition) is 0. The molecule has 6 nitrogen and oxygen atoms in total. The summed E-state index contributed by atoms with van der Waals surface area (Å²) in [5, 5.41) is 0.824. The minimum absolute atomic E-state index is 0.334. The van der Waals surface area contributed by atoms with E-state index >= 15 is 0 Å². The molecule has 0 radical (unpaired) electrons. The predicted octanol–water partition coefficient (Wildman–Crippen LogP) is 4.15. The fraction of sp³-hybridized carbons (Fsp3) is 0.400. The largest absolute Gasteiger partial charge is 0.493 e. The van der Waals surface area contributed by atoms with Crippen LogP contribution in [-0.4, -0.2) is 48.5 Å². The van der Waals surface area contributed by atoms with Crippen molar-refractivity contribution < 1.29 is 18.6 Å². The fourth-order valence-electron chi connectivity index (χ4n) is 3.54. The maximum Gasteiger partial charge on any atom is 0.188 e. The Kier molecular flexibility index (Phi) is 5.25. The number of halogens is 2. The van der Waals surface area contributed by atoms with Gasteiger partial charge in [0.1, 0.15) is 18.8 Å². The summed E-state index contributed by atoms with van der Waals surface area (Å²) in [7, 11) is 3.22. The fourth-order valence-corrected chi connectivity index (χ4v) is 3.92. The number of rotatable bonds is 6. The SMILES string of the molecule is COCCOc1cc2ncnc(N3CCC4=CCC(F)(Br)C=C43)c2cc1OC. The first kappa shape index (κ1) is 19.1. The van der Waals surface area contributed by atoms with Crippen molar-refractivity contribution in [1.82, 2.24) is 9.97 Å². The van der Waals surface area contributed by atoms with E-state index in [9.17, 15) is 4.39 Å². The van der Waals surface area contributed by atoms with Gasteiger partial charge in [-0.15, -0.1) is 0 Å². The van der Waals surface area contributed by atoms with E-state index in [-0.39, 0.29) is 0 Å². The highest BCUT2D eigenvalue weighted by atomic mass is 79.9. The van der Waals surface area contributed by atoms with E-state index in [1.54, 1.807) is 20.3 Å². The van der Waals surface area contributed by atoms with E-state index in [2.05, 4.69) is 25.9 Å². The maximum atomic E-state index is 14.5. The predicted molar refractivity (Wildman–Crippen MR) is 109 cm³/mol. The molecule has 1 aromatic carbocycles. The van der Waals surface area contributed by atoms with Gasteiger partial charge in [0.25, 0.3) is 0 Å². The molecule has 1 aromatic heterocycles. The van der Waals surface area contributed by atoms with Crippen LogP contribution in [0.5, 0.6) is 11.5 Å². The highest BCUT2D eigenvalue weighted by Gasteiger charge is 2.34. The molecule has 28 heavy (non-hydrogen) atoms. The zero-order valence-electron chi connectivity index (χ0n) is 15.7. The number of anilines is 1. The van der Waals surface area contributed by atoms with Gasteiger partial charge in [-0.25, -0.2) is 14.4 Å². The standard InChI is InChI=1S/C20H21BrFN3O3/c1-26-7-8-28-18-10-15-14(9-17(18)27-2)19(24-12-23-15)25-6-4-13-3-5-20(21,22)11-16(13)25/h3,9-12H,4-8H2,1-2H3. The molecular formula is C20H21BrFN3O3. The van der Waals surface area contributed by atoms with E-state index in [4.69, 9.17) is 14.2 Å². The zero-order chi connectivity index (χ0) is 19.7. The Bertz CT molecular complexity index is 961. The first-order chi connectivity index (χ1) is 13.5. The average Bonchev–Trinajstić information content (AvgIpc) is 3.08. The van der Waals surface area contributed by atoms with Crippen LogP contribution >= 0.6 is 15.9 Å². The van der Waals surface area contributed by atoms with Crippen LogP contribution in [0.4, 0.5) is 10.2 Å². The van der Waals surface area contributed by atoms with Gasteiger partial charge >= 0.3 is 0 Å². The van der Waals surface area contributed by atoms with Gasteiger partial charge in [-0.05, 0) is 40.1 Å². The minimum Gasteiger partial charge on any atom is -0.493 e. The lowest BCUT2D eigenvalue weighted by molar-refractivity contribution is 0.144. The van der Waals surface area contributed by atoms with Gasteiger partial charge in [0.2, 0.25) is 0 Å². The van der Waals surface area contributed by atoms with Crippen LogP contribution in [0.25, 0.3) is 10.9 Å². The third kappa shape index (κ3) is 3.58. The number of fused-ring (bicyclic) bond motifs is 2. The van der Waals surface area contributed by atoms with Gasteiger partial charge < -0.3 is 19.1 Å². The van der Waals surface area contributed by atoms with Gasteiger partial charge in [0, 0.05) is 37.2 Å². The summed E-state index contributed by atoms with van der Waals surface area (Å²) < 4.78 is 29.3. The number of benzene rings is 1. The van der Waals surface area contributed by atoms with Crippen molar-refractivity contribution in [3.05, 3.63) is 41.9 Å². The molecule has 2 heterocycles. The number of aromatic nitrogens is 2. The lowest BCUT2D eigenvalue weighted by atomic mass is 10.0. The van der Waals surface area contributed by atoms with Crippen molar-refractivity contribution in [3.63, 3.8) is 0 Å². The van der Waals surface area contributed by atoms with Gasteiger partial charge in [-0.2, -0.15) is 0 Å². The molecule has 148 valence electrons. The molecular weight excluding hydrogens is 429 g/mol. The number of ether oxygens (including phenoxy) is 3. The topological polar surface area (TPSA) is 56.7 Å². The minimum atomic E-state index is -1.53. The highest BCUT2D eigenvalue weighted by Crippen LogP contribution is 2.43. The molecule has 0 amide bonds. The molecule has 1 fully saturated rings. The van der Waals surface area contributed by atoms with Gasteiger partial charge in [-0.1, -0.05) is 6.08 Å². The number of allylic oxidation sites excluding steroid dienone is 3. The third-order valence-electron chi connectivity index (χ3n) is 4.89. The van der Waals surface area contributed by atoms with Crippen molar-refractivity contribution in [2.24, 2.45) is 0 Å². The molecule has 1 aliphatic carbocycles. The molecule has 2 aromatic rings. The number of methoxy groups -OCH3 is 2. The molecule has 1 aliphatic heterocycles. The van der Waals surface area contributed by atoms with E-state index in [1.807, 2.05) is 23.1 Å². The van der Waals surface area contributed by atoms with Crippen LogP contribution in [0.3, 0.4) is 0 Å². The van der Waals surface area contributed by atoms with Crippen LogP contribution in [0, 0.1) is 0 Å². The lowest BCUT2D eigenvalue weighted by Gasteiger charge is -2.25. The molecule has 4 rings (SSSR count). The first-order valence-electron chi connectivity index (χ1n) is 9.04. The smallest absolute Gasteiger partial charge is 0.188 e. The Hall–Kier alpha value is -2.19. The summed E-state index contributed by atoms with van der Waals surface area (Å²) in [6, 6.07) is 3.70. The molecule has 1 atom stereocenters. The van der Waals surface area contributed by atoms with Crippen molar-refractivity contribution in [2.45, 2.75) is 17.4 Å². The second-order valence-corrected chi connectivity index (χ2v) is 8.00. The molecule has 0 N–H and O–H groups in total. The molecule has 8 heteroatoms. The summed E-state index contributed by atoms with van der Waals surface area (Å²) in [5.74, 6) is 1.91. The molecule has 0 saturated carbocycles. The highest BCUT2D eigenvalue weighted by molar-refractivity contribution is 9.10. The Morgan fingerprint density at radius 3 is 2.86 bits per heavy atom. The second-order valence-electron chi connectivity index (χ2n) is 6.68. The summed E-state index contributed by atoms with van der Waals surface area (Å²) in [6.07, 6.45) is 6.29. The van der Waals surface area contributed by atoms with Crippen LogP contribution in [0.1, 0.15) is 12.8 Å². The van der Waals surface area contributed by atoms with Crippen LogP contribution < -0.4 is 14.4 Å².